The van der Waals surface area contributed by atoms with E-state index in [4.69, 9.17) is 5.73 Å². The molecule has 0 spiro atoms. The van der Waals surface area contributed by atoms with E-state index in [2.05, 4.69) is 10.3 Å². The number of carbonyl (C=O) groups excluding carboxylic acids is 1. The minimum Gasteiger partial charge on any atom is -0.379 e. The van der Waals surface area contributed by atoms with Crippen LogP contribution in [0.5, 0.6) is 0 Å². The van der Waals surface area contributed by atoms with Crippen LogP contribution in [0.25, 0.3) is 0 Å². The van der Waals surface area contributed by atoms with Crippen LogP contribution in [0.3, 0.4) is 0 Å². The van der Waals surface area contributed by atoms with Gasteiger partial charge in [0.2, 0.25) is 0 Å². The second-order valence-electron chi connectivity index (χ2n) is 6.16. The van der Waals surface area contributed by atoms with Gasteiger partial charge in [-0.25, -0.2) is 0 Å². The summed E-state index contributed by atoms with van der Waals surface area (Å²) < 4.78 is 0. The molecule has 0 saturated carbocycles. The summed E-state index contributed by atoms with van der Waals surface area (Å²) in [6.45, 7) is 2.02. The number of hydrogen-bond donors (Lipinski definition) is 2. The number of nitrogens with two attached hydrogens (primary N) is 1. The summed E-state index contributed by atoms with van der Waals surface area (Å²) in [6, 6.07) is 13.0. The molecule has 0 radical (unpaired) electrons. The summed E-state index contributed by atoms with van der Waals surface area (Å²) in [6.07, 6.45) is 0.859. The molecule has 2 aromatic rings. The van der Waals surface area contributed by atoms with E-state index in [9.17, 15) is 14.9 Å². The monoisotopic (exact) mass is 370 g/mol. The van der Waals surface area contributed by atoms with E-state index in [1.54, 1.807) is 17.8 Å². The Morgan fingerprint density at radius 3 is 2.69 bits per heavy atom. The Morgan fingerprint density at radius 2 is 2.04 bits per heavy atom. The van der Waals surface area contributed by atoms with E-state index in [1.165, 1.54) is 24.3 Å². The molecule has 134 valence electrons. The maximum atomic E-state index is 12.4. The van der Waals surface area contributed by atoms with Crippen LogP contribution >= 0.6 is 11.8 Å². The van der Waals surface area contributed by atoms with E-state index < -0.39 is 10.5 Å². The van der Waals surface area contributed by atoms with Crippen molar-refractivity contribution in [1.29, 1.82) is 0 Å². The second kappa shape index (κ2) is 7.17. The molecule has 7 nitrogen and oxygen atoms in total. The van der Waals surface area contributed by atoms with Crippen LogP contribution in [0, 0.1) is 10.1 Å². The average molecular weight is 370 g/mol. The van der Waals surface area contributed by atoms with Crippen LogP contribution in [-0.4, -0.2) is 21.8 Å². The van der Waals surface area contributed by atoms with Gasteiger partial charge in [-0.1, -0.05) is 23.9 Å². The summed E-state index contributed by atoms with van der Waals surface area (Å²) in [5.41, 5.74) is 7.37. The molecule has 1 heterocycles. The van der Waals surface area contributed by atoms with Crippen molar-refractivity contribution in [3.63, 3.8) is 0 Å². The van der Waals surface area contributed by atoms with Gasteiger partial charge in [-0.2, -0.15) is 0 Å². The predicted molar refractivity (Wildman–Crippen MR) is 104 cm³/mol. The fourth-order valence-electron chi connectivity index (χ4n) is 2.76. The van der Waals surface area contributed by atoms with Crippen molar-refractivity contribution < 1.29 is 9.72 Å². The molecule has 1 unspecified atom stereocenters. The van der Waals surface area contributed by atoms with Crippen LogP contribution in [-0.2, 0) is 5.54 Å². The number of carbonyl (C=O) groups is 1. The van der Waals surface area contributed by atoms with Crippen LogP contribution < -0.4 is 11.1 Å². The Kier molecular flexibility index (Phi) is 4.94. The summed E-state index contributed by atoms with van der Waals surface area (Å²) >= 11 is 1.54. The number of nitrogens with one attached hydrogen (secondary N) is 1. The first-order chi connectivity index (χ1) is 12.4. The van der Waals surface area contributed by atoms with E-state index in [1.807, 2.05) is 25.1 Å². The zero-order valence-corrected chi connectivity index (χ0v) is 15.0. The highest BCUT2D eigenvalue weighted by Crippen LogP contribution is 2.35. The van der Waals surface area contributed by atoms with Gasteiger partial charge in [-0.3, -0.25) is 19.9 Å². The lowest BCUT2D eigenvalue weighted by Crippen LogP contribution is -2.28. The van der Waals surface area contributed by atoms with Crippen LogP contribution in [0.2, 0.25) is 0 Å². The quantitative estimate of drug-likeness (QED) is 0.632. The van der Waals surface area contributed by atoms with Crippen LogP contribution in [0.4, 0.5) is 11.4 Å². The van der Waals surface area contributed by atoms with E-state index in [0.29, 0.717) is 16.4 Å². The van der Waals surface area contributed by atoms with Gasteiger partial charge in [0.15, 0.2) is 5.17 Å². The SMILES string of the molecule is CC1(c2cccc(NC(=O)c3ccc([N+](=O)[O-])cc3)c2)CCSC(N)=N1. The van der Waals surface area contributed by atoms with Gasteiger partial charge in [0.25, 0.3) is 11.6 Å². The molecule has 0 saturated heterocycles. The number of rotatable bonds is 4. The number of nitro groups is 1. The Labute approximate surface area is 154 Å². The third-order valence-electron chi connectivity index (χ3n) is 4.28. The minimum atomic E-state index is -0.499. The Balaban J connectivity index is 1.79. The normalized spacial score (nSPS) is 19.5. The zero-order valence-electron chi connectivity index (χ0n) is 14.1. The Hall–Kier alpha value is -2.87. The number of thioether (sulfide) groups is 1. The van der Waals surface area contributed by atoms with Crippen molar-refractivity contribution in [2.24, 2.45) is 10.7 Å². The maximum Gasteiger partial charge on any atom is 0.269 e. The molecule has 0 fully saturated rings. The molecule has 8 heteroatoms. The first-order valence-corrected chi connectivity index (χ1v) is 9.00. The molecule has 1 aliphatic rings. The molecule has 26 heavy (non-hydrogen) atoms. The fraction of sp³-hybridized carbons (Fsp3) is 0.222. The first-order valence-electron chi connectivity index (χ1n) is 8.02. The molecule has 3 N–H and O–H groups in total. The number of nitrogens with zero attached hydrogens (tertiary/aromatic N) is 2. The lowest BCUT2D eigenvalue weighted by Gasteiger charge is -2.30. The Morgan fingerprint density at radius 1 is 1.31 bits per heavy atom. The fourth-order valence-corrected chi connectivity index (χ4v) is 3.74. The van der Waals surface area contributed by atoms with Gasteiger partial charge in [-0.15, -0.1) is 0 Å². The molecule has 0 aliphatic carbocycles. The van der Waals surface area contributed by atoms with Crippen molar-refractivity contribution in [2.75, 3.05) is 11.1 Å². The van der Waals surface area contributed by atoms with Crippen molar-refractivity contribution in [3.8, 4) is 0 Å². The highest BCUT2D eigenvalue weighted by molar-refractivity contribution is 8.13. The van der Waals surface area contributed by atoms with Crippen LogP contribution in [0.1, 0.15) is 29.3 Å². The maximum absolute atomic E-state index is 12.4. The molecule has 3 rings (SSSR count). The summed E-state index contributed by atoms with van der Waals surface area (Å²) in [5.74, 6) is 0.565. The van der Waals surface area contributed by atoms with Gasteiger partial charge < -0.3 is 11.1 Å². The molecule has 0 aromatic heterocycles. The average Bonchev–Trinajstić information content (AvgIpc) is 2.62. The number of amides is 1. The molecule has 2 aromatic carbocycles. The van der Waals surface area contributed by atoms with E-state index in [-0.39, 0.29) is 11.6 Å². The van der Waals surface area contributed by atoms with Gasteiger partial charge in [0.1, 0.15) is 0 Å². The van der Waals surface area contributed by atoms with Crippen LogP contribution in [0.15, 0.2) is 53.5 Å². The van der Waals surface area contributed by atoms with Gasteiger partial charge in [0.05, 0.1) is 10.5 Å². The minimum absolute atomic E-state index is 0.0536. The first kappa shape index (κ1) is 17.9. The van der Waals surface area contributed by atoms with Crippen molar-refractivity contribution in [3.05, 3.63) is 69.8 Å². The summed E-state index contributed by atoms with van der Waals surface area (Å²) in [4.78, 5) is 27.2. The molecule has 1 amide bonds. The van der Waals surface area contributed by atoms with Gasteiger partial charge in [0, 0.05) is 29.1 Å². The number of non-ortho nitro benzene ring substituents is 1. The van der Waals surface area contributed by atoms with Crippen molar-refractivity contribution in [2.45, 2.75) is 18.9 Å². The highest BCUT2D eigenvalue weighted by atomic mass is 32.2. The predicted octanol–water partition coefficient (Wildman–Crippen LogP) is 3.51. The molecule has 1 aliphatic heterocycles. The largest absolute Gasteiger partial charge is 0.379 e. The lowest BCUT2D eigenvalue weighted by atomic mass is 9.89. The third kappa shape index (κ3) is 3.85. The molecular formula is C18H18N4O3S. The van der Waals surface area contributed by atoms with Crippen molar-refractivity contribution >= 4 is 34.2 Å². The van der Waals surface area contributed by atoms with Crippen molar-refractivity contribution in [1.82, 2.24) is 0 Å². The molecular weight excluding hydrogens is 352 g/mol. The number of hydrogen-bond acceptors (Lipinski definition) is 6. The van der Waals surface area contributed by atoms with E-state index >= 15 is 0 Å². The zero-order chi connectivity index (χ0) is 18.7. The number of aliphatic imine (C=N–C) groups is 1. The van der Waals surface area contributed by atoms with Gasteiger partial charge >= 0.3 is 0 Å². The van der Waals surface area contributed by atoms with E-state index in [0.717, 1.165) is 17.7 Å². The molecule has 1 atom stereocenters. The number of benzene rings is 2. The number of nitro benzene ring substituents is 1. The lowest BCUT2D eigenvalue weighted by molar-refractivity contribution is -0.384. The number of amidine groups is 1. The third-order valence-corrected chi connectivity index (χ3v) is 5.07. The topological polar surface area (TPSA) is 111 Å². The van der Waals surface area contributed by atoms with Gasteiger partial charge in [-0.05, 0) is 43.2 Å². The highest BCUT2D eigenvalue weighted by Gasteiger charge is 2.29. The smallest absolute Gasteiger partial charge is 0.269 e. The Bertz CT molecular complexity index is 882. The summed E-state index contributed by atoms with van der Waals surface area (Å²) in [7, 11) is 0. The second-order valence-corrected chi connectivity index (χ2v) is 7.28. The summed E-state index contributed by atoms with van der Waals surface area (Å²) in [5, 5.41) is 14.1. The standard InChI is InChI=1S/C18H18N4O3S/c1-18(9-10-26-17(19)21-18)13-3-2-4-14(11-13)20-16(23)12-5-7-15(8-6-12)22(24)25/h2-8,11H,9-10H2,1H3,(H2,19,21)(H,20,23). The molecule has 0 bridgehead atoms. The number of anilines is 1.